The zero-order chi connectivity index (χ0) is 30.7. The highest BCUT2D eigenvalue weighted by atomic mass is 35.5. The standard InChI is InChI=1S/C32H36ClF3N2O3S/c1-4-42(40,41)26-9-5-22(6-10-26)19-31(39)37-25-8-12-28(30(33)20-25)27-11-7-24(18-29(27)32(34,35)36)17-23-13-15-38(16-14-23)21(2)3/h5-12,18,20-21,23H,4,13-17,19H2,1-3H3,(H,37,39). The van der Waals surface area contributed by atoms with Crippen LogP contribution in [0.2, 0.25) is 5.02 Å². The average molecular weight is 621 g/mol. The molecule has 1 aliphatic rings. The number of hydrogen-bond acceptors (Lipinski definition) is 4. The Balaban J connectivity index is 1.47. The van der Waals surface area contributed by atoms with Crippen LogP contribution in [-0.2, 0) is 33.6 Å². The summed E-state index contributed by atoms with van der Waals surface area (Å²) in [4.78, 5) is 15.2. The fourth-order valence-corrected chi connectivity index (χ4v) is 6.54. The van der Waals surface area contributed by atoms with Crippen molar-refractivity contribution >= 4 is 33.0 Å². The maximum Gasteiger partial charge on any atom is 0.417 e. The zero-order valence-corrected chi connectivity index (χ0v) is 25.5. The van der Waals surface area contributed by atoms with Gasteiger partial charge in [0.2, 0.25) is 5.91 Å². The van der Waals surface area contributed by atoms with Crippen LogP contribution in [0.25, 0.3) is 11.1 Å². The number of nitrogens with zero attached hydrogens (tertiary/aromatic N) is 1. The maximum atomic E-state index is 14.2. The first-order valence-electron chi connectivity index (χ1n) is 14.1. The highest BCUT2D eigenvalue weighted by Gasteiger charge is 2.35. The fourth-order valence-electron chi connectivity index (χ4n) is 5.38. The number of benzene rings is 3. The molecule has 0 bridgehead atoms. The molecule has 226 valence electrons. The molecule has 4 rings (SSSR count). The second kappa shape index (κ2) is 13.2. The topological polar surface area (TPSA) is 66.5 Å². The van der Waals surface area contributed by atoms with Crippen molar-refractivity contribution in [3.63, 3.8) is 0 Å². The summed E-state index contributed by atoms with van der Waals surface area (Å²) in [5.41, 5.74) is 1.11. The SMILES string of the molecule is CCS(=O)(=O)c1ccc(CC(=O)Nc2ccc(-c3ccc(CC4CCN(C(C)C)CC4)cc3C(F)(F)F)c(Cl)c2)cc1. The Bertz CT molecular complexity index is 1510. The zero-order valence-electron chi connectivity index (χ0n) is 24.0. The van der Waals surface area contributed by atoms with Crippen molar-refractivity contribution in [2.75, 3.05) is 24.2 Å². The van der Waals surface area contributed by atoms with Gasteiger partial charge in [-0.1, -0.05) is 48.9 Å². The van der Waals surface area contributed by atoms with Crippen LogP contribution in [0.1, 0.15) is 50.3 Å². The number of alkyl halides is 3. The lowest BCUT2D eigenvalue weighted by molar-refractivity contribution is -0.137. The lowest BCUT2D eigenvalue weighted by Crippen LogP contribution is -2.38. The molecule has 1 fully saturated rings. The van der Waals surface area contributed by atoms with Gasteiger partial charge in [-0.3, -0.25) is 4.79 Å². The Kier molecular flexibility index (Phi) is 10.1. The summed E-state index contributed by atoms with van der Waals surface area (Å²) < 4.78 is 66.5. The molecule has 0 unspecified atom stereocenters. The van der Waals surface area contributed by atoms with E-state index in [0.29, 0.717) is 35.2 Å². The quantitative estimate of drug-likeness (QED) is 0.267. The number of carbonyl (C=O) groups excluding carboxylic acids is 1. The van der Waals surface area contributed by atoms with Crippen molar-refractivity contribution in [2.45, 2.75) is 63.6 Å². The smallest absolute Gasteiger partial charge is 0.326 e. The largest absolute Gasteiger partial charge is 0.417 e. The van der Waals surface area contributed by atoms with Crippen molar-refractivity contribution in [3.05, 3.63) is 82.4 Å². The van der Waals surface area contributed by atoms with Gasteiger partial charge >= 0.3 is 6.18 Å². The monoisotopic (exact) mass is 620 g/mol. The lowest BCUT2D eigenvalue weighted by Gasteiger charge is -2.34. The predicted molar refractivity (Wildman–Crippen MR) is 162 cm³/mol. The molecule has 3 aromatic rings. The van der Waals surface area contributed by atoms with E-state index in [1.165, 1.54) is 42.5 Å². The number of carbonyl (C=O) groups is 1. The van der Waals surface area contributed by atoms with Crippen molar-refractivity contribution in [1.82, 2.24) is 4.90 Å². The summed E-state index contributed by atoms with van der Waals surface area (Å²) >= 11 is 6.46. The number of nitrogens with one attached hydrogen (secondary N) is 1. The molecular weight excluding hydrogens is 585 g/mol. The number of likely N-dealkylation sites (tertiary alicyclic amines) is 1. The molecule has 3 aromatic carbocycles. The molecule has 1 aliphatic heterocycles. The van der Waals surface area contributed by atoms with E-state index in [4.69, 9.17) is 11.6 Å². The van der Waals surface area contributed by atoms with Crippen LogP contribution >= 0.6 is 11.6 Å². The molecule has 10 heteroatoms. The van der Waals surface area contributed by atoms with Gasteiger partial charge in [0, 0.05) is 17.3 Å². The van der Waals surface area contributed by atoms with Crippen molar-refractivity contribution in [2.24, 2.45) is 5.92 Å². The van der Waals surface area contributed by atoms with Gasteiger partial charge in [-0.05, 0) is 99.1 Å². The third-order valence-corrected chi connectivity index (χ3v) is 9.93. The average Bonchev–Trinajstić information content (AvgIpc) is 2.93. The number of hydrogen-bond donors (Lipinski definition) is 1. The van der Waals surface area contributed by atoms with E-state index < -0.39 is 21.6 Å². The van der Waals surface area contributed by atoms with Crippen LogP contribution in [0.5, 0.6) is 0 Å². The third kappa shape index (κ3) is 7.94. The minimum absolute atomic E-state index is 0.00845. The van der Waals surface area contributed by atoms with Gasteiger partial charge in [0.25, 0.3) is 0 Å². The first-order valence-corrected chi connectivity index (χ1v) is 16.2. The Morgan fingerprint density at radius 2 is 1.60 bits per heavy atom. The Morgan fingerprint density at radius 3 is 2.17 bits per heavy atom. The van der Waals surface area contributed by atoms with Crippen LogP contribution in [0.3, 0.4) is 0 Å². The number of sulfone groups is 1. The van der Waals surface area contributed by atoms with Gasteiger partial charge in [0.15, 0.2) is 9.84 Å². The van der Waals surface area contributed by atoms with E-state index in [1.807, 2.05) is 0 Å². The highest BCUT2D eigenvalue weighted by Crippen LogP contribution is 2.41. The molecule has 0 atom stereocenters. The van der Waals surface area contributed by atoms with E-state index in [1.54, 1.807) is 25.1 Å². The van der Waals surface area contributed by atoms with E-state index in [9.17, 15) is 26.4 Å². The summed E-state index contributed by atoms with van der Waals surface area (Å²) in [6, 6.07) is 15.5. The molecule has 0 saturated carbocycles. The minimum Gasteiger partial charge on any atom is -0.326 e. The second-order valence-electron chi connectivity index (χ2n) is 11.1. The molecule has 1 heterocycles. The lowest BCUT2D eigenvalue weighted by atomic mass is 9.88. The van der Waals surface area contributed by atoms with E-state index in [2.05, 4.69) is 24.1 Å². The summed E-state index contributed by atoms with van der Waals surface area (Å²) in [6.07, 6.45) is -2.04. The first kappa shape index (κ1) is 32.0. The molecule has 1 saturated heterocycles. The van der Waals surface area contributed by atoms with Crippen molar-refractivity contribution < 1.29 is 26.4 Å². The van der Waals surface area contributed by atoms with Gasteiger partial charge < -0.3 is 10.2 Å². The molecule has 0 aromatic heterocycles. The number of rotatable bonds is 9. The molecule has 0 aliphatic carbocycles. The highest BCUT2D eigenvalue weighted by molar-refractivity contribution is 7.91. The molecule has 0 radical (unpaired) electrons. The summed E-state index contributed by atoms with van der Waals surface area (Å²) in [6.45, 7) is 7.79. The summed E-state index contributed by atoms with van der Waals surface area (Å²) in [5.74, 6) is -0.0406. The maximum absolute atomic E-state index is 14.2. The number of piperidine rings is 1. The summed E-state index contributed by atoms with van der Waals surface area (Å²) in [5, 5.41) is 2.79. The van der Waals surface area contributed by atoms with Gasteiger partial charge in [0.1, 0.15) is 0 Å². The molecular formula is C32H36ClF3N2O3S. The van der Waals surface area contributed by atoms with Gasteiger partial charge in [-0.25, -0.2) is 8.42 Å². The molecule has 1 N–H and O–H groups in total. The molecule has 0 spiro atoms. The molecule has 1 amide bonds. The predicted octanol–water partition coefficient (Wildman–Crippen LogP) is 7.66. The van der Waals surface area contributed by atoms with Gasteiger partial charge in [-0.2, -0.15) is 13.2 Å². The minimum atomic E-state index is -4.56. The summed E-state index contributed by atoms with van der Waals surface area (Å²) in [7, 11) is -3.34. The van der Waals surface area contributed by atoms with Crippen LogP contribution in [0.15, 0.2) is 65.6 Å². The fraction of sp³-hybridized carbons (Fsp3) is 0.406. The van der Waals surface area contributed by atoms with Crippen LogP contribution in [0.4, 0.5) is 18.9 Å². The first-order chi connectivity index (χ1) is 19.8. The van der Waals surface area contributed by atoms with E-state index in [0.717, 1.165) is 25.9 Å². The second-order valence-corrected chi connectivity index (χ2v) is 13.8. The Hall–Kier alpha value is -2.88. The molecule has 42 heavy (non-hydrogen) atoms. The van der Waals surface area contributed by atoms with Crippen molar-refractivity contribution in [3.8, 4) is 11.1 Å². The number of halogens is 4. The Labute approximate surface area is 251 Å². The van der Waals surface area contributed by atoms with E-state index >= 15 is 0 Å². The number of anilines is 1. The van der Waals surface area contributed by atoms with Gasteiger partial charge in [-0.15, -0.1) is 0 Å². The number of amides is 1. The van der Waals surface area contributed by atoms with Crippen molar-refractivity contribution in [1.29, 1.82) is 0 Å². The molecule has 5 nitrogen and oxygen atoms in total. The normalized spacial score (nSPS) is 15.2. The van der Waals surface area contributed by atoms with E-state index in [-0.39, 0.29) is 39.1 Å². The third-order valence-electron chi connectivity index (χ3n) is 7.86. The van der Waals surface area contributed by atoms with Crippen LogP contribution < -0.4 is 5.32 Å². The van der Waals surface area contributed by atoms with Crippen LogP contribution in [0, 0.1) is 5.92 Å². The van der Waals surface area contributed by atoms with Crippen LogP contribution in [-0.4, -0.2) is 44.1 Å². The Morgan fingerprint density at radius 1 is 0.976 bits per heavy atom. The van der Waals surface area contributed by atoms with Gasteiger partial charge in [0.05, 0.1) is 27.7 Å².